The summed E-state index contributed by atoms with van der Waals surface area (Å²) in [6.07, 6.45) is 1.53. The van der Waals surface area contributed by atoms with Crippen molar-refractivity contribution in [1.82, 2.24) is 10.3 Å². The summed E-state index contributed by atoms with van der Waals surface area (Å²) in [7, 11) is 1.31. The van der Waals surface area contributed by atoms with Gasteiger partial charge in [0.25, 0.3) is 5.91 Å². The van der Waals surface area contributed by atoms with Gasteiger partial charge in [-0.05, 0) is 36.8 Å². The van der Waals surface area contributed by atoms with Gasteiger partial charge in [-0.1, -0.05) is 23.7 Å². The van der Waals surface area contributed by atoms with Crippen LogP contribution in [0.2, 0.25) is 5.02 Å². The lowest BCUT2D eigenvalue weighted by Crippen LogP contribution is -2.30. The van der Waals surface area contributed by atoms with Gasteiger partial charge in [0.15, 0.2) is 0 Å². The molecule has 23 heavy (non-hydrogen) atoms. The number of nitrogens with zero attached hydrogens (tertiary/aromatic N) is 1. The molecule has 120 valence electrons. The second kappa shape index (κ2) is 7.74. The first-order valence-electron chi connectivity index (χ1n) is 7.05. The number of aromatic nitrogens is 1. The molecule has 0 aliphatic carbocycles. The van der Waals surface area contributed by atoms with Crippen LogP contribution >= 0.6 is 11.6 Å². The highest BCUT2D eigenvalue weighted by atomic mass is 35.5. The number of nitrogens with one attached hydrogen (secondary N) is 1. The topological polar surface area (TPSA) is 68.3 Å². The monoisotopic (exact) mass is 332 g/mol. The van der Waals surface area contributed by atoms with Gasteiger partial charge in [0.1, 0.15) is 0 Å². The Morgan fingerprint density at radius 1 is 1.22 bits per heavy atom. The Balaban J connectivity index is 2.19. The molecule has 1 amide bonds. The summed E-state index contributed by atoms with van der Waals surface area (Å²) >= 11 is 5.88. The van der Waals surface area contributed by atoms with Crippen molar-refractivity contribution in [2.45, 2.75) is 19.4 Å². The summed E-state index contributed by atoms with van der Waals surface area (Å²) in [6, 6.07) is 9.89. The van der Waals surface area contributed by atoms with Gasteiger partial charge in [0, 0.05) is 16.9 Å². The van der Waals surface area contributed by atoms with Crippen LogP contribution in [0.4, 0.5) is 0 Å². The zero-order chi connectivity index (χ0) is 16.8. The maximum Gasteiger partial charge on any atom is 0.307 e. The van der Waals surface area contributed by atoms with E-state index in [2.05, 4.69) is 10.3 Å². The highest BCUT2D eigenvalue weighted by Crippen LogP contribution is 2.20. The van der Waals surface area contributed by atoms with Gasteiger partial charge in [0.05, 0.1) is 25.1 Å². The SMILES string of the molecule is COC(=O)CC(NC(=O)c1ccc(C)nc1)c1ccc(Cl)cc1. The van der Waals surface area contributed by atoms with Crippen molar-refractivity contribution in [3.63, 3.8) is 0 Å². The van der Waals surface area contributed by atoms with Gasteiger partial charge in [-0.15, -0.1) is 0 Å². The number of methoxy groups -OCH3 is 1. The lowest BCUT2D eigenvalue weighted by atomic mass is 10.0. The summed E-state index contributed by atoms with van der Waals surface area (Å²) in [6.45, 7) is 1.84. The first-order valence-corrected chi connectivity index (χ1v) is 7.43. The zero-order valence-electron chi connectivity index (χ0n) is 12.9. The molecule has 2 rings (SSSR count). The lowest BCUT2D eigenvalue weighted by Gasteiger charge is -2.18. The van der Waals surface area contributed by atoms with E-state index >= 15 is 0 Å². The van der Waals surface area contributed by atoms with E-state index in [0.29, 0.717) is 10.6 Å². The Labute approximate surface area is 139 Å². The zero-order valence-corrected chi connectivity index (χ0v) is 13.6. The van der Waals surface area contributed by atoms with E-state index in [-0.39, 0.29) is 12.3 Å². The number of aryl methyl sites for hydroxylation is 1. The summed E-state index contributed by atoms with van der Waals surface area (Å²) < 4.78 is 4.70. The first-order chi connectivity index (χ1) is 11.0. The molecule has 0 aliphatic heterocycles. The van der Waals surface area contributed by atoms with Crippen LogP contribution < -0.4 is 5.32 Å². The molecule has 0 saturated carbocycles. The molecule has 0 spiro atoms. The summed E-state index contributed by atoms with van der Waals surface area (Å²) in [4.78, 5) is 28.1. The average molecular weight is 333 g/mol. The molecular formula is C17H17ClN2O3. The summed E-state index contributed by atoms with van der Waals surface area (Å²) in [5.41, 5.74) is 2.03. The lowest BCUT2D eigenvalue weighted by molar-refractivity contribution is -0.141. The molecule has 1 aromatic heterocycles. The first kappa shape index (κ1) is 17.0. The normalized spacial score (nSPS) is 11.6. The van der Waals surface area contributed by atoms with E-state index in [1.807, 2.05) is 6.92 Å². The van der Waals surface area contributed by atoms with Crippen LogP contribution in [-0.4, -0.2) is 24.0 Å². The van der Waals surface area contributed by atoms with Crippen molar-refractivity contribution >= 4 is 23.5 Å². The maximum atomic E-state index is 12.3. The average Bonchev–Trinajstić information content (AvgIpc) is 2.55. The molecule has 0 bridgehead atoms. The van der Waals surface area contributed by atoms with Gasteiger partial charge in [0.2, 0.25) is 0 Å². The largest absolute Gasteiger partial charge is 0.469 e. The molecule has 1 aromatic carbocycles. The third-order valence-corrected chi connectivity index (χ3v) is 3.60. The fourth-order valence-electron chi connectivity index (χ4n) is 2.04. The number of esters is 1. The predicted octanol–water partition coefficient (Wildman–Crippen LogP) is 3.08. The number of carbonyl (C=O) groups is 2. The van der Waals surface area contributed by atoms with Crippen molar-refractivity contribution < 1.29 is 14.3 Å². The van der Waals surface area contributed by atoms with Crippen LogP contribution in [0.1, 0.15) is 34.1 Å². The van der Waals surface area contributed by atoms with Crippen LogP contribution in [0, 0.1) is 6.92 Å². The molecule has 1 atom stereocenters. The van der Waals surface area contributed by atoms with Crippen LogP contribution in [0.5, 0.6) is 0 Å². The van der Waals surface area contributed by atoms with Crippen LogP contribution in [0.25, 0.3) is 0 Å². The smallest absolute Gasteiger partial charge is 0.307 e. The molecule has 2 aromatic rings. The number of hydrogen-bond acceptors (Lipinski definition) is 4. The fourth-order valence-corrected chi connectivity index (χ4v) is 2.17. The Morgan fingerprint density at radius 3 is 2.48 bits per heavy atom. The van der Waals surface area contributed by atoms with Crippen molar-refractivity contribution in [3.8, 4) is 0 Å². The Hall–Kier alpha value is -2.40. The van der Waals surface area contributed by atoms with Gasteiger partial charge in [-0.2, -0.15) is 0 Å². The second-order valence-corrected chi connectivity index (χ2v) is 5.48. The quantitative estimate of drug-likeness (QED) is 0.854. The molecule has 0 fully saturated rings. The van der Waals surface area contributed by atoms with Crippen LogP contribution in [0.3, 0.4) is 0 Å². The van der Waals surface area contributed by atoms with E-state index in [1.165, 1.54) is 13.3 Å². The van der Waals surface area contributed by atoms with E-state index in [9.17, 15) is 9.59 Å². The number of ether oxygens (including phenoxy) is 1. The van der Waals surface area contributed by atoms with Gasteiger partial charge in [-0.3, -0.25) is 14.6 Å². The molecule has 1 heterocycles. The Kier molecular flexibility index (Phi) is 5.71. The van der Waals surface area contributed by atoms with Crippen molar-refractivity contribution in [3.05, 3.63) is 64.4 Å². The standard InChI is InChI=1S/C17H17ClN2O3/c1-11-3-4-13(10-19-11)17(22)20-15(9-16(21)23-2)12-5-7-14(18)8-6-12/h3-8,10,15H,9H2,1-2H3,(H,20,22). The van der Waals surface area contributed by atoms with E-state index < -0.39 is 12.0 Å². The van der Waals surface area contributed by atoms with Crippen molar-refractivity contribution in [1.29, 1.82) is 0 Å². The summed E-state index contributed by atoms with van der Waals surface area (Å²) in [5.74, 6) is -0.714. The number of halogens is 1. The predicted molar refractivity (Wildman–Crippen MR) is 87.3 cm³/mol. The summed E-state index contributed by atoms with van der Waals surface area (Å²) in [5, 5.41) is 3.41. The molecule has 0 radical (unpaired) electrons. The molecule has 5 nitrogen and oxygen atoms in total. The Bertz CT molecular complexity index is 684. The number of amides is 1. The van der Waals surface area contributed by atoms with Crippen LogP contribution in [0.15, 0.2) is 42.6 Å². The number of rotatable bonds is 5. The molecule has 6 heteroatoms. The highest BCUT2D eigenvalue weighted by molar-refractivity contribution is 6.30. The minimum absolute atomic E-state index is 0.0309. The number of hydrogen-bond donors (Lipinski definition) is 1. The Morgan fingerprint density at radius 2 is 1.91 bits per heavy atom. The van der Waals surface area contributed by atoms with Crippen molar-refractivity contribution in [2.24, 2.45) is 0 Å². The van der Waals surface area contributed by atoms with Crippen LogP contribution in [-0.2, 0) is 9.53 Å². The van der Waals surface area contributed by atoms with E-state index in [0.717, 1.165) is 11.3 Å². The molecule has 1 N–H and O–H groups in total. The second-order valence-electron chi connectivity index (χ2n) is 5.05. The molecule has 0 aliphatic rings. The maximum absolute atomic E-state index is 12.3. The van der Waals surface area contributed by atoms with E-state index in [1.54, 1.807) is 36.4 Å². The van der Waals surface area contributed by atoms with E-state index in [4.69, 9.17) is 16.3 Å². The number of pyridine rings is 1. The minimum atomic E-state index is -0.506. The highest BCUT2D eigenvalue weighted by Gasteiger charge is 2.19. The number of benzene rings is 1. The van der Waals surface area contributed by atoms with Crippen molar-refractivity contribution in [2.75, 3.05) is 7.11 Å². The molecule has 1 unspecified atom stereocenters. The third-order valence-electron chi connectivity index (χ3n) is 3.35. The molecule has 0 saturated heterocycles. The van der Waals surface area contributed by atoms with Gasteiger partial charge in [-0.25, -0.2) is 0 Å². The molecular weight excluding hydrogens is 316 g/mol. The fraction of sp³-hybridized carbons (Fsp3) is 0.235. The minimum Gasteiger partial charge on any atom is -0.469 e. The van der Waals surface area contributed by atoms with Gasteiger partial charge >= 0.3 is 5.97 Å². The number of carbonyl (C=O) groups excluding carboxylic acids is 2. The third kappa shape index (κ3) is 4.79. The van der Waals surface area contributed by atoms with Gasteiger partial charge < -0.3 is 10.1 Å².